The molecule has 7 nitrogen and oxygen atoms in total. The van der Waals surface area contributed by atoms with Crippen molar-refractivity contribution >= 4 is 11.6 Å². The van der Waals surface area contributed by atoms with Crippen molar-refractivity contribution in [3.8, 4) is 5.69 Å². The molecular formula is C17H18N6O. The molecule has 24 heavy (non-hydrogen) atoms. The van der Waals surface area contributed by atoms with Gasteiger partial charge in [0.25, 0.3) is 5.91 Å². The van der Waals surface area contributed by atoms with Crippen molar-refractivity contribution in [3.05, 3.63) is 60.7 Å². The average Bonchev–Trinajstić information content (AvgIpc) is 3.09. The first-order valence-electron chi connectivity index (χ1n) is 7.52. The van der Waals surface area contributed by atoms with Gasteiger partial charge in [0.2, 0.25) is 0 Å². The number of aromatic nitrogens is 5. The lowest BCUT2D eigenvalue weighted by Crippen LogP contribution is -2.17. The van der Waals surface area contributed by atoms with E-state index in [4.69, 9.17) is 0 Å². The molecule has 7 heteroatoms. The smallest absolute Gasteiger partial charge is 0.255 e. The molecule has 1 amide bonds. The minimum atomic E-state index is -0.216. The van der Waals surface area contributed by atoms with Crippen LogP contribution in [0.2, 0.25) is 0 Å². The van der Waals surface area contributed by atoms with Crippen LogP contribution in [0.5, 0.6) is 0 Å². The van der Waals surface area contributed by atoms with Gasteiger partial charge in [-0.15, -0.1) is 0 Å². The Kier molecular flexibility index (Phi) is 4.07. The SMILES string of the molecule is CC(C)(C)c1ncc(NC(=O)c2ccc(-n3cncn3)cc2)cn1. The standard InChI is InChI=1S/C17H18N6O/c1-17(2,3)16-19-8-13(9-20-16)22-15(24)12-4-6-14(7-5-12)23-11-18-10-21-23/h4-11H,1-3H3,(H,22,24). The van der Waals surface area contributed by atoms with Crippen molar-refractivity contribution in [1.82, 2.24) is 24.7 Å². The predicted molar refractivity (Wildman–Crippen MR) is 90.0 cm³/mol. The first-order chi connectivity index (χ1) is 11.4. The second kappa shape index (κ2) is 6.19. The van der Waals surface area contributed by atoms with Gasteiger partial charge in [-0.2, -0.15) is 5.10 Å². The molecule has 0 radical (unpaired) electrons. The van der Waals surface area contributed by atoms with Crippen LogP contribution in [-0.2, 0) is 5.41 Å². The summed E-state index contributed by atoms with van der Waals surface area (Å²) < 4.78 is 1.63. The molecule has 2 heterocycles. The lowest BCUT2D eigenvalue weighted by atomic mass is 9.96. The van der Waals surface area contributed by atoms with Crippen LogP contribution in [0, 0.1) is 0 Å². The van der Waals surface area contributed by atoms with Crippen LogP contribution < -0.4 is 5.32 Å². The van der Waals surface area contributed by atoms with Gasteiger partial charge >= 0.3 is 0 Å². The molecular weight excluding hydrogens is 304 g/mol. The zero-order valence-electron chi connectivity index (χ0n) is 13.8. The largest absolute Gasteiger partial charge is 0.319 e. The lowest BCUT2D eigenvalue weighted by Gasteiger charge is -2.16. The fourth-order valence-electron chi connectivity index (χ4n) is 2.09. The van der Waals surface area contributed by atoms with E-state index in [1.165, 1.54) is 6.33 Å². The number of nitrogens with zero attached hydrogens (tertiary/aromatic N) is 5. The Labute approximate surface area is 139 Å². The Hall–Kier alpha value is -3.09. The molecule has 122 valence electrons. The van der Waals surface area contributed by atoms with Crippen molar-refractivity contribution in [2.75, 3.05) is 5.32 Å². The average molecular weight is 322 g/mol. The van der Waals surface area contributed by atoms with E-state index >= 15 is 0 Å². The van der Waals surface area contributed by atoms with E-state index in [9.17, 15) is 4.79 Å². The second-order valence-electron chi connectivity index (χ2n) is 6.39. The quantitative estimate of drug-likeness (QED) is 0.801. The van der Waals surface area contributed by atoms with Crippen LogP contribution >= 0.6 is 0 Å². The molecule has 0 spiro atoms. The molecule has 0 unspecified atom stereocenters. The molecule has 0 saturated carbocycles. The van der Waals surface area contributed by atoms with E-state index in [0.29, 0.717) is 11.3 Å². The number of rotatable bonds is 3. The van der Waals surface area contributed by atoms with Crippen molar-refractivity contribution in [2.45, 2.75) is 26.2 Å². The molecule has 0 fully saturated rings. The molecule has 0 aliphatic heterocycles. The van der Waals surface area contributed by atoms with Crippen LogP contribution in [-0.4, -0.2) is 30.6 Å². The number of carbonyl (C=O) groups excluding carboxylic acids is 1. The summed E-state index contributed by atoms with van der Waals surface area (Å²) in [7, 11) is 0. The third-order valence-electron chi connectivity index (χ3n) is 3.39. The Morgan fingerprint density at radius 2 is 1.75 bits per heavy atom. The summed E-state index contributed by atoms with van der Waals surface area (Å²) >= 11 is 0. The number of carbonyl (C=O) groups is 1. The van der Waals surface area contributed by atoms with Crippen LogP contribution in [0.1, 0.15) is 37.0 Å². The first-order valence-corrected chi connectivity index (χ1v) is 7.52. The summed E-state index contributed by atoms with van der Waals surface area (Å²) in [6.07, 6.45) is 6.30. The van der Waals surface area contributed by atoms with Gasteiger partial charge in [-0.25, -0.2) is 19.6 Å². The number of amides is 1. The summed E-state index contributed by atoms with van der Waals surface area (Å²) in [4.78, 5) is 24.8. The highest BCUT2D eigenvalue weighted by atomic mass is 16.1. The molecule has 1 N–H and O–H groups in total. The second-order valence-corrected chi connectivity index (χ2v) is 6.39. The monoisotopic (exact) mass is 322 g/mol. The fourth-order valence-corrected chi connectivity index (χ4v) is 2.09. The molecule has 1 aromatic carbocycles. The third kappa shape index (κ3) is 3.45. The van der Waals surface area contributed by atoms with Gasteiger partial charge in [0.1, 0.15) is 18.5 Å². The van der Waals surface area contributed by atoms with E-state index in [0.717, 1.165) is 11.5 Å². The van der Waals surface area contributed by atoms with Crippen molar-refractivity contribution in [1.29, 1.82) is 0 Å². The van der Waals surface area contributed by atoms with Gasteiger partial charge in [-0.1, -0.05) is 20.8 Å². The van der Waals surface area contributed by atoms with Crippen molar-refractivity contribution in [2.24, 2.45) is 0 Å². The fraction of sp³-hybridized carbons (Fsp3) is 0.235. The van der Waals surface area contributed by atoms with Gasteiger partial charge in [0.15, 0.2) is 0 Å². The van der Waals surface area contributed by atoms with E-state index < -0.39 is 0 Å². The number of benzene rings is 1. The minimum Gasteiger partial charge on any atom is -0.319 e. The maximum atomic E-state index is 12.3. The Morgan fingerprint density at radius 3 is 2.29 bits per heavy atom. The lowest BCUT2D eigenvalue weighted by molar-refractivity contribution is 0.102. The molecule has 0 bridgehead atoms. The van der Waals surface area contributed by atoms with Crippen LogP contribution in [0.25, 0.3) is 5.69 Å². The van der Waals surface area contributed by atoms with E-state index in [1.807, 2.05) is 32.9 Å². The first kappa shape index (κ1) is 15.8. The van der Waals surface area contributed by atoms with Gasteiger partial charge in [-0.3, -0.25) is 4.79 Å². The van der Waals surface area contributed by atoms with E-state index in [-0.39, 0.29) is 11.3 Å². The number of anilines is 1. The Balaban J connectivity index is 1.71. The highest BCUT2D eigenvalue weighted by molar-refractivity contribution is 6.04. The molecule has 0 aliphatic carbocycles. The maximum Gasteiger partial charge on any atom is 0.255 e. The number of hydrogen-bond donors (Lipinski definition) is 1. The molecule has 0 aliphatic rings. The predicted octanol–water partition coefficient (Wildman–Crippen LogP) is 2.61. The van der Waals surface area contributed by atoms with E-state index in [2.05, 4.69) is 25.4 Å². The normalized spacial score (nSPS) is 11.3. The molecule has 2 aromatic heterocycles. The van der Waals surface area contributed by atoms with Crippen LogP contribution in [0.15, 0.2) is 49.3 Å². The van der Waals surface area contributed by atoms with Crippen LogP contribution in [0.4, 0.5) is 5.69 Å². The molecule has 3 aromatic rings. The Bertz CT molecular complexity index is 817. The summed E-state index contributed by atoms with van der Waals surface area (Å²) in [6.45, 7) is 6.12. The summed E-state index contributed by atoms with van der Waals surface area (Å²) in [5, 5.41) is 6.84. The van der Waals surface area contributed by atoms with E-state index in [1.54, 1.807) is 35.5 Å². The van der Waals surface area contributed by atoms with Gasteiger partial charge < -0.3 is 5.32 Å². The van der Waals surface area contributed by atoms with Crippen molar-refractivity contribution in [3.63, 3.8) is 0 Å². The van der Waals surface area contributed by atoms with Gasteiger partial charge in [0.05, 0.1) is 23.8 Å². The topological polar surface area (TPSA) is 85.6 Å². The number of nitrogens with one attached hydrogen (secondary N) is 1. The summed E-state index contributed by atoms with van der Waals surface area (Å²) in [5.41, 5.74) is 1.81. The summed E-state index contributed by atoms with van der Waals surface area (Å²) in [6, 6.07) is 7.08. The van der Waals surface area contributed by atoms with Crippen LogP contribution in [0.3, 0.4) is 0 Å². The zero-order chi connectivity index (χ0) is 17.2. The highest BCUT2D eigenvalue weighted by Crippen LogP contribution is 2.18. The minimum absolute atomic E-state index is 0.125. The van der Waals surface area contributed by atoms with Crippen molar-refractivity contribution < 1.29 is 4.79 Å². The molecule has 3 rings (SSSR count). The van der Waals surface area contributed by atoms with Gasteiger partial charge in [0, 0.05) is 11.0 Å². The molecule has 0 saturated heterocycles. The third-order valence-corrected chi connectivity index (χ3v) is 3.39. The maximum absolute atomic E-state index is 12.3. The zero-order valence-corrected chi connectivity index (χ0v) is 13.8. The summed E-state index contributed by atoms with van der Waals surface area (Å²) in [5.74, 6) is 0.518. The highest BCUT2D eigenvalue weighted by Gasteiger charge is 2.17. The number of hydrogen-bond acceptors (Lipinski definition) is 5. The Morgan fingerprint density at radius 1 is 1.08 bits per heavy atom. The molecule has 0 atom stereocenters. The van der Waals surface area contributed by atoms with Gasteiger partial charge in [-0.05, 0) is 24.3 Å².